The standard InChI is InChI=1S/C21H19F2NO4/c1-3-26-20(25)18-12(2)27-17-9-8-14(11-15(17)18)28-21(22,23)16-5-4-10-24-19(16)13-6-7-13/h4-5,8-11,13H,3,6-7H2,1-2H3. The quantitative estimate of drug-likeness (QED) is 0.536. The molecule has 0 bridgehead atoms. The smallest absolute Gasteiger partial charge is 0.428 e. The third-order valence-electron chi connectivity index (χ3n) is 4.68. The molecule has 1 saturated carbocycles. The van der Waals surface area contributed by atoms with Crippen LogP contribution in [0.15, 0.2) is 40.9 Å². The van der Waals surface area contributed by atoms with Crippen LogP contribution < -0.4 is 4.74 Å². The molecule has 1 aliphatic rings. The second-order valence-electron chi connectivity index (χ2n) is 6.74. The van der Waals surface area contributed by atoms with Crippen LogP contribution in [-0.4, -0.2) is 17.6 Å². The minimum atomic E-state index is -3.55. The summed E-state index contributed by atoms with van der Waals surface area (Å²) >= 11 is 0. The minimum Gasteiger partial charge on any atom is -0.462 e. The molecule has 5 nitrogen and oxygen atoms in total. The largest absolute Gasteiger partial charge is 0.462 e. The highest BCUT2D eigenvalue weighted by atomic mass is 19.3. The summed E-state index contributed by atoms with van der Waals surface area (Å²) < 4.78 is 45.4. The summed E-state index contributed by atoms with van der Waals surface area (Å²) in [6.07, 6.45) is -0.339. The predicted molar refractivity (Wildman–Crippen MR) is 97.6 cm³/mol. The number of pyridine rings is 1. The van der Waals surface area contributed by atoms with E-state index in [1.54, 1.807) is 13.8 Å². The molecule has 0 atom stereocenters. The fourth-order valence-electron chi connectivity index (χ4n) is 3.27. The highest BCUT2D eigenvalue weighted by Gasteiger charge is 2.41. The maximum absolute atomic E-state index is 14.9. The summed E-state index contributed by atoms with van der Waals surface area (Å²) in [6.45, 7) is 3.51. The van der Waals surface area contributed by atoms with Crippen LogP contribution in [0.4, 0.5) is 8.78 Å². The van der Waals surface area contributed by atoms with Gasteiger partial charge >= 0.3 is 12.1 Å². The molecule has 2 aromatic heterocycles. The van der Waals surface area contributed by atoms with Gasteiger partial charge in [0.15, 0.2) is 0 Å². The number of nitrogens with zero attached hydrogens (tertiary/aromatic N) is 1. The van der Waals surface area contributed by atoms with Crippen molar-refractivity contribution in [3.8, 4) is 5.75 Å². The number of fused-ring (bicyclic) bond motifs is 1. The van der Waals surface area contributed by atoms with Crippen LogP contribution in [-0.2, 0) is 10.8 Å². The average molecular weight is 387 g/mol. The zero-order valence-corrected chi connectivity index (χ0v) is 15.5. The second kappa shape index (κ2) is 6.89. The number of hydrogen-bond donors (Lipinski definition) is 0. The van der Waals surface area contributed by atoms with Gasteiger partial charge in [0, 0.05) is 17.5 Å². The molecule has 0 unspecified atom stereocenters. The van der Waals surface area contributed by atoms with Gasteiger partial charge in [-0.3, -0.25) is 4.98 Å². The van der Waals surface area contributed by atoms with E-state index in [0.29, 0.717) is 22.4 Å². The molecule has 0 amide bonds. The molecule has 146 valence electrons. The number of alkyl halides is 2. The van der Waals surface area contributed by atoms with Crippen molar-refractivity contribution in [2.24, 2.45) is 0 Å². The summed E-state index contributed by atoms with van der Waals surface area (Å²) in [7, 11) is 0. The number of carbonyl (C=O) groups is 1. The number of aryl methyl sites for hydroxylation is 1. The van der Waals surface area contributed by atoms with Crippen molar-refractivity contribution >= 4 is 16.9 Å². The van der Waals surface area contributed by atoms with Crippen molar-refractivity contribution in [3.63, 3.8) is 0 Å². The van der Waals surface area contributed by atoms with Gasteiger partial charge in [-0.2, -0.15) is 8.78 Å². The maximum atomic E-state index is 14.9. The third-order valence-corrected chi connectivity index (χ3v) is 4.68. The normalized spacial score (nSPS) is 14.3. The Hall–Kier alpha value is -2.96. The van der Waals surface area contributed by atoms with Crippen molar-refractivity contribution in [3.05, 3.63) is 59.1 Å². The Morgan fingerprint density at radius 3 is 2.82 bits per heavy atom. The molecule has 0 aliphatic heterocycles. The number of carbonyl (C=O) groups excluding carboxylic acids is 1. The first-order valence-electron chi connectivity index (χ1n) is 9.13. The molecule has 0 saturated heterocycles. The number of benzene rings is 1. The second-order valence-corrected chi connectivity index (χ2v) is 6.74. The Labute approximate surface area is 160 Å². The highest BCUT2D eigenvalue weighted by Crippen LogP contribution is 2.45. The molecule has 7 heteroatoms. The molecule has 2 heterocycles. The van der Waals surface area contributed by atoms with Gasteiger partial charge in [-0.05, 0) is 57.0 Å². The Bertz CT molecular complexity index is 1040. The van der Waals surface area contributed by atoms with E-state index in [1.165, 1.54) is 36.5 Å². The van der Waals surface area contributed by atoms with Gasteiger partial charge in [-0.25, -0.2) is 4.79 Å². The van der Waals surface area contributed by atoms with Crippen molar-refractivity contribution < 1.29 is 27.5 Å². The molecule has 1 aliphatic carbocycles. The number of esters is 1. The van der Waals surface area contributed by atoms with Crippen molar-refractivity contribution in [2.45, 2.75) is 38.7 Å². The lowest BCUT2D eigenvalue weighted by atomic mass is 10.1. The monoisotopic (exact) mass is 387 g/mol. The zero-order valence-electron chi connectivity index (χ0n) is 15.5. The molecule has 4 rings (SSSR count). The van der Waals surface area contributed by atoms with E-state index >= 15 is 0 Å². The lowest BCUT2D eigenvalue weighted by Gasteiger charge is -2.20. The Morgan fingerprint density at radius 1 is 1.32 bits per heavy atom. The molecule has 0 N–H and O–H groups in total. The number of furan rings is 1. The van der Waals surface area contributed by atoms with E-state index in [2.05, 4.69) is 4.98 Å². The third kappa shape index (κ3) is 3.32. The van der Waals surface area contributed by atoms with Gasteiger partial charge in [-0.1, -0.05) is 0 Å². The summed E-state index contributed by atoms with van der Waals surface area (Å²) in [5.41, 5.74) is 0.758. The van der Waals surface area contributed by atoms with Gasteiger partial charge in [0.1, 0.15) is 22.7 Å². The van der Waals surface area contributed by atoms with Crippen LogP contribution >= 0.6 is 0 Å². The summed E-state index contributed by atoms with van der Waals surface area (Å²) in [5.74, 6) is -0.221. The lowest BCUT2D eigenvalue weighted by Crippen LogP contribution is -2.24. The summed E-state index contributed by atoms with van der Waals surface area (Å²) in [6, 6.07) is 7.08. The van der Waals surface area contributed by atoms with Crippen LogP contribution in [0.3, 0.4) is 0 Å². The lowest BCUT2D eigenvalue weighted by molar-refractivity contribution is -0.186. The number of aromatic nitrogens is 1. The van der Waals surface area contributed by atoms with Crippen LogP contribution in [0.5, 0.6) is 5.75 Å². The van der Waals surface area contributed by atoms with E-state index in [4.69, 9.17) is 13.9 Å². The molecule has 1 fully saturated rings. The Morgan fingerprint density at radius 2 is 2.11 bits per heavy atom. The number of halogens is 2. The molecule has 3 aromatic rings. The van der Waals surface area contributed by atoms with Gasteiger partial charge < -0.3 is 13.9 Å². The SMILES string of the molecule is CCOC(=O)c1c(C)oc2ccc(OC(F)(F)c3cccnc3C3CC3)cc12. The van der Waals surface area contributed by atoms with Crippen LogP contribution in [0.25, 0.3) is 11.0 Å². The van der Waals surface area contributed by atoms with Crippen LogP contribution in [0, 0.1) is 6.92 Å². The van der Waals surface area contributed by atoms with Crippen molar-refractivity contribution in [1.29, 1.82) is 0 Å². The van der Waals surface area contributed by atoms with Crippen LogP contribution in [0.2, 0.25) is 0 Å². The van der Waals surface area contributed by atoms with Crippen molar-refractivity contribution in [2.75, 3.05) is 6.61 Å². The fourth-order valence-corrected chi connectivity index (χ4v) is 3.27. The fraction of sp³-hybridized carbons (Fsp3) is 0.333. The van der Waals surface area contributed by atoms with Gasteiger partial charge in [0.2, 0.25) is 0 Å². The van der Waals surface area contributed by atoms with Crippen molar-refractivity contribution in [1.82, 2.24) is 4.98 Å². The van der Waals surface area contributed by atoms with Gasteiger partial charge in [-0.15, -0.1) is 0 Å². The average Bonchev–Trinajstić information content (AvgIpc) is 3.44. The topological polar surface area (TPSA) is 61.6 Å². The molecule has 1 aromatic carbocycles. The minimum absolute atomic E-state index is 0.0556. The number of ether oxygens (including phenoxy) is 2. The maximum Gasteiger partial charge on any atom is 0.428 e. The molecular formula is C21H19F2NO4. The zero-order chi connectivity index (χ0) is 19.9. The van der Waals surface area contributed by atoms with E-state index in [9.17, 15) is 13.6 Å². The van der Waals surface area contributed by atoms with E-state index < -0.39 is 12.1 Å². The summed E-state index contributed by atoms with van der Waals surface area (Å²) in [5, 5.41) is 0.373. The first-order valence-corrected chi connectivity index (χ1v) is 9.13. The summed E-state index contributed by atoms with van der Waals surface area (Å²) in [4.78, 5) is 16.3. The number of hydrogen-bond acceptors (Lipinski definition) is 5. The first kappa shape index (κ1) is 18.4. The predicted octanol–water partition coefficient (Wildman–Crippen LogP) is 5.32. The van der Waals surface area contributed by atoms with E-state index in [0.717, 1.165) is 12.8 Å². The Balaban J connectivity index is 1.70. The van der Waals surface area contributed by atoms with Crippen LogP contribution in [0.1, 0.15) is 53.1 Å². The van der Waals surface area contributed by atoms with E-state index in [-0.39, 0.29) is 29.4 Å². The molecule has 0 radical (unpaired) electrons. The van der Waals surface area contributed by atoms with E-state index in [1.807, 2.05) is 0 Å². The first-order chi connectivity index (χ1) is 13.4. The Kier molecular flexibility index (Phi) is 4.53. The number of rotatable bonds is 6. The van der Waals surface area contributed by atoms with Gasteiger partial charge in [0.25, 0.3) is 0 Å². The molecule has 28 heavy (non-hydrogen) atoms. The molecular weight excluding hydrogens is 368 g/mol. The highest BCUT2D eigenvalue weighted by molar-refractivity contribution is 6.04. The van der Waals surface area contributed by atoms with Gasteiger partial charge in [0.05, 0.1) is 17.9 Å². The molecule has 0 spiro atoms.